The zero-order chi connectivity index (χ0) is 27.9. The third-order valence-corrected chi connectivity index (χ3v) is 8.21. The molecule has 202 valence electrons. The maximum absolute atomic E-state index is 13.9. The predicted molar refractivity (Wildman–Crippen MR) is 151 cm³/mol. The highest BCUT2D eigenvalue weighted by Crippen LogP contribution is 2.26. The number of nitrogens with one attached hydrogen (secondary N) is 1. The summed E-state index contributed by atoms with van der Waals surface area (Å²) >= 11 is 6.39. The van der Waals surface area contributed by atoms with E-state index in [1.54, 1.807) is 67.6 Å². The second kappa shape index (κ2) is 12.9. The lowest BCUT2D eigenvalue weighted by molar-refractivity contribution is -0.139. The fraction of sp³-hybridized carbons (Fsp3) is 0.310. The summed E-state index contributed by atoms with van der Waals surface area (Å²) in [5.74, 6) is -0.628. The van der Waals surface area contributed by atoms with Crippen LogP contribution in [0.25, 0.3) is 0 Å². The lowest BCUT2D eigenvalue weighted by Crippen LogP contribution is -2.51. The van der Waals surface area contributed by atoms with Crippen LogP contribution in [0.5, 0.6) is 0 Å². The van der Waals surface area contributed by atoms with Gasteiger partial charge in [0.15, 0.2) is 0 Å². The molecular weight excluding hydrogens is 522 g/mol. The number of nitrogens with zero attached hydrogens (tertiary/aromatic N) is 2. The molecule has 0 aliphatic heterocycles. The van der Waals surface area contributed by atoms with E-state index >= 15 is 0 Å². The lowest BCUT2D eigenvalue weighted by Gasteiger charge is -2.32. The minimum Gasteiger partial charge on any atom is -0.354 e. The van der Waals surface area contributed by atoms with Gasteiger partial charge in [-0.2, -0.15) is 0 Å². The monoisotopic (exact) mass is 555 g/mol. The highest BCUT2D eigenvalue weighted by molar-refractivity contribution is 7.92. The van der Waals surface area contributed by atoms with Crippen LogP contribution >= 0.6 is 11.6 Å². The molecular formula is C29H34ClN3O4S. The molecule has 0 aromatic heterocycles. The Bertz CT molecular complexity index is 1360. The second-order valence-electron chi connectivity index (χ2n) is 9.59. The third-order valence-electron chi connectivity index (χ3n) is 6.05. The zero-order valence-electron chi connectivity index (χ0n) is 22.1. The Morgan fingerprint density at radius 2 is 1.58 bits per heavy atom. The van der Waals surface area contributed by atoms with Crippen molar-refractivity contribution in [2.75, 3.05) is 17.4 Å². The molecule has 38 heavy (non-hydrogen) atoms. The van der Waals surface area contributed by atoms with E-state index in [2.05, 4.69) is 5.32 Å². The van der Waals surface area contributed by atoms with Crippen LogP contribution in [0.4, 0.5) is 5.69 Å². The number of rotatable bonds is 11. The van der Waals surface area contributed by atoms with Crippen molar-refractivity contribution >= 4 is 39.1 Å². The summed E-state index contributed by atoms with van der Waals surface area (Å²) in [5.41, 5.74) is 1.86. The first-order valence-corrected chi connectivity index (χ1v) is 14.3. The van der Waals surface area contributed by atoms with Crippen molar-refractivity contribution in [2.24, 2.45) is 5.92 Å². The normalized spacial score (nSPS) is 12.2. The topological polar surface area (TPSA) is 86.8 Å². The summed E-state index contributed by atoms with van der Waals surface area (Å²) in [4.78, 5) is 28.3. The van der Waals surface area contributed by atoms with Gasteiger partial charge in [0, 0.05) is 18.1 Å². The molecule has 2 amide bonds. The van der Waals surface area contributed by atoms with Crippen LogP contribution in [0.3, 0.4) is 0 Å². The Kier molecular flexibility index (Phi) is 9.94. The first-order chi connectivity index (χ1) is 18.0. The molecule has 1 atom stereocenters. The van der Waals surface area contributed by atoms with Crippen LogP contribution in [-0.4, -0.2) is 44.3 Å². The number of benzene rings is 3. The molecule has 0 saturated heterocycles. The van der Waals surface area contributed by atoms with Gasteiger partial charge < -0.3 is 10.2 Å². The molecule has 3 rings (SSSR count). The number of aryl methyl sites for hydroxylation is 1. The van der Waals surface area contributed by atoms with Gasteiger partial charge >= 0.3 is 0 Å². The molecule has 0 bridgehead atoms. The molecule has 0 aliphatic carbocycles. The third kappa shape index (κ3) is 7.36. The Morgan fingerprint density at radius 3 is 2.21 bits per heavy atom. The van der Waals surface area contributed by atoms with E-state index in [1.807, 2.05) is 26.8 Å². The molecule has 0 spiro atoms. The van der Waals surface area contributed by atoms with Crippen molar-refractivity contribution in [3.8, 4) is 0 Å². The highest BCUT2D eigenvalue weighted by Gasteiger charge is 2.32. The molecule has 0 aliphatic rings. The van der Waals surface area contributed by atoms with E-state index < -0.39 is 28.5 Å². The van der Waals surface area contributed by atoms with E-state index in [0.717, 1.165) is 9.87 Å². The summed E-state index contributed by atoms with van der Waals surface area (Å²) in [6.07, 6.45) is 0. The summed E-state index contributed by atoms with van der Waals surface area (Å²) in [7, 11) is -4.09. The Hall–Kier alpha value is -3.36. The van der Waals surface area contributed by atoms with Gasteiger partial charge in [-0.05, 0) is 61.2 Å². The molecule has 1 unspecified atom stereocenters. The van der Waals surface area contributed by atoms with Gasteiger partial charge in [0.1, 0.15) is 12.6 Å². The van der Waals surface area contributed by atoms with Gasteiger partial charge in [-0.25, -0.2) is 8.42 Å². The Morgan fingerprint density at radius 1 is 0.921 bits per heavy atom. The van der Waals surface area contributed by atoms with Crippen LogP contribution in [0.1, 0.15) is 31.9 Å². The van der Waals surface area contributed by atoms with Crippen molar-refractivity contribution in [1.82, 2.24) is 10.2 Å². The minimum atomic E-state index is -4.09. The number of carbonyl (C=O) groups is 2. The average molecular weight is 556 g/mol. The van der Waals surface area contributed by atoms with Gasteiger partial charge in [-0.15, -0.1) is 0 Å². The Labute approximate surface area is 230 Å². The van der Waals surface area contributed by atoms with Gasteiger partial charge in [0.05, 0.1) is 10.6 Å². The molecule has 0 heterocycles. The van der Waals surface area contributed by atoms with Crippen molar-refractivity contribution in [1.29, 1.82) is 0 Å². The van der Waals surface area contributed by atoms with Crippen molar-refractivity contribution in [3.05, 3.63) is 95.0 Å². The number of hydrogen-bond acceptors (Lipinski definition) is 4. The van der Waals surface area contributed by atoms with E-state index in [4.69, 9.17) is 11.6 Å². The molecule has 0 saturated carbocycles. The van der Waals surface area contributed by atoms with Crippen LogP contribution in [0.15, 0.2) is 83.8 Å². The molecule has 7 nitrogen and oxygen atoms in total. The summed E-state index contributed by atoms with van der Waals surface area (Å²) in [6.45, 7) is 7.44. The predicted octanol–water partition coefficient (Wildman–Crippen LogP) is 5.03. The van der Waals surface area contributed by atoms with Crippen LogP contribution in [0, 0.1) is 12.8 Å². The number of carbonyl (C=O) groups excluding carboxylic acids is 2. The molecule has 3 aromatic rings. The fourth-order valence-electron chi connectivity index (χ4n) is 3.88. The summed E-state index contributed by atoms with van der Waals surface area (Å²) < 4.78 is 28.6. The standard InChI is InChI=1S/C29H34ClN3O4S/c1-21(2)18-31-29(35)23(4)32(19-24-12-8-9-16-27(24)30)28(34)20-33(25-13-10-11-22(3)17-25)38(36,37)26-14-6-5-7-15-26/h5-17,21,23H,18-20H2,1-4H3,(H,31,35). The maximum atomic E-state index is 13.9. The van der Waals surface area contributed by atoms with Gasteiger partial charge in [0.2, 0.25) is 11.8 Å². The van der Waals surface area contributed by atoms with E-state index in [9.17, 15) is 18.0 Å². The molecule has 1 N–H and O–H groups in total. The summed E-state index contributed by atoms with van der Waals surface area (Å²) in [5, 5.41) is 3.32. The zero-order valence-corrected chi connectivity index (χ0v) is 23.7. The van der Waals surface area contributed by atoms with Crippen LogP contribution in [0.2, 0.25) is 5.02 Å². The van der Waals surface area contributed by atoms with E-state index in [1.165, 1.54) is 17.0 Å². The number of halogens is 1. The van der Waals surface area contributed by atoms with E-state index in [0.29, 0.717) is 22.8 Å². The maximum Gasteiger partial charge on any atom is 0.264 e. The SMILES string of the molecule is Cc1cccc(N(CC(=O)N(Cc2ccccc2Cl)C(C)C(=O)NCC(C)C)S(=O)(=O)c2ccccc2)c1. The molecule has 0 radical (unpaired) electrons. The van der Waals surface area contributed by atoms with E-state index in [-0.39, 0.29) is 23.3 Å². The van der Waals surface area contributed by atoms with Gasteiger partial charge in [-0.1, -0.05) is 74.0 Å². The van der Waals surface area contributed by atoms with Crippen LogP contribution < -0.4 is 9.62 Å². The highest BCUT2D eigenvalue weighted by atomic mass is 35.5. The van der Waals surface area contributed by atoms with Crippen LogP contribution in [-0.2, 0) is 26.2 Å². The number of hydrogen-bond donors (Lipinski definition) is 1. The lowest BCUT2D eigenvalue weighted by atomic mass is 10.1. The minimum absolute atomic E-state index is 0.0435. The summed E-state index contributed by atoms with van der Waals surface area (Å²) in [6, 6.07) is 21.1. The molecule has 0 fully saturated rings. The smallest absolute Gasteiger partial charge is 0.264 e. The molecule has 9 heteroatoms. The quantitative estimate of drug-likeness (QED) is 0.359. The fourth-order valence-corrected chi connectivity index (χ4v) is 5.50. The average Bonchev–Trinajstić information content (AvgIpc) is 2.89. The van der Waals surface area contributed by atoms with Crippen molar-refractivity contribution in [2.45, 2.75) is 45.2 Å². The number of anilines is 1. The van der Waals surface area contributed by atoms with Gasteiger partial charge in [0.25, 0.3) is 10.0 Å². The Balaban J connectivity index is 2.01. The second-order valence-corrected chi connectivity index (χ2v) is 11.9. The largest absolute Gasteiger partial charge is 0.354 e. The van der Waals surface area contributed by atoms with Crippen molar-refractivity contribution < 1.29 is 18.0 Å². The first-order valence-electron chi connectivity index (χ1n) is 12.5. The first kappa shape index (κ1) is 29.2. The molecule has 3 aromatic carbocycles. The number of amides is 2. The van der Waals surface area contributed by atoms with Crippen molar-refractivity contribution in [3.63, 3.8) is 0 Å². The van der Waals surface area contributed by atoms with Gasteiger partial charge in [-0.3, -0.25) is 13.9 Å². The number of sulfonamides is 1.